The zero-order valence-corrected chi connectivity index (χ0v) is 12.1. The minimum atomic E-state index is 0.309. The van der Waals surface area contributed by atoms with Gasteiger partial charge in [0.1, 0.15) is 0 Å². The fourth-order valence-corrected chi connectivity index (χ4v) is 2.63. The van der Waals surface area contributed by atoms with E-state index < -0.39 is 0 Å². The van der Waals surface area contributed by atoms with Gasteiger partial charge in [-0.1, -0.05) is 24.3 Å². The first-order valence-corrected chi connectivity index (χ1v) is 7.91. The molecule has 1 aromatic carbocycles. The van der Waals surface area contributed by atoms with Crippen molar-refractivity contribution >= 4 is 0 Å². The van der Waals surface area contributed by atoms with E-state index in [0.717, 1.165) is 32.2 Å². The zero-order chi connectivity index (χ0) is 13.6. The van der Waals surface area contributed by atoms with Crippen LogP contribution < -0.4 is 5.32 Å². The molecule has 3 heteroatoms. The van der Waals surface area contributed by atoms with Crippen LogP contribution in [0.15, 0.2) is 24.3 Å². The maximum absolute atomic E-state index is 5.81. The predicted octanol–water partition coefficient (Wildman–Crippen LogP) is 3.02. The fraction of sp³-hybridized carbons (Fsp3) is 0.647. The summed E-state index contributed by atoms with van der Waals surface area (Å²) in [7, 11) is 0. The van der Waals surface area contributed by atoms with Crippen LogP contribution in [0.4, 0.5) is 0 Å². The number of hydrogen-bond donors (Lipinski definition) is 1. The monoisotopic (exact) mass is 275 g/mol. The molecule has 2 aliphatic rings. The van der Waals surface area contributed by atoms with Gasteiger partial charge in [0.05, 0.1) is 19.3 Å². The smallest absolute Gasteiger partial charge is 0.0808 e. The summed E-state index contributed by atoms with van der Waals surface area (Å²) in [6, 6.07) is 9.46. The van der Waals surface area contributed by atoms with Crippen LogP contribution in [0.3, 0.4) is 0 Å². The number of ether oxygens (including phenoxy) is 2. The Morgan fingerprint density at radius 2 is 2.05 bits per heavy atom. The van der Waals surface area contributed by atoms with Gasteiger partial charge in [0.25, 0.3) is 0 Å². The highest BCUT2D eigenvalue weighted by Gasteiger charge is 2.19. The molecular formula is C17H25NO2. The summed E-state index contributed by atoms with van der Waals surface area (Å²) < 4.78 is 11.5. The Balaban J connectivity index is 1.40. The lowest BCUT2D eigenvalue weighted by Gasteiger charge is -2.22. The lowest BCUT2D eigenvalue weighted by Crippen LogP contribution is -2.24. The summed E-state index contributed by atoms with van der Waals surface area (Å²) in [5, 5.41) is 3.55. The molecule has 1 heterocycles. The van der Waals surface area contributed by atoms with Crippen LogP contribution in [0, 0.1) is 0 Å². The maximum atomic E-state index is 5.81. The van der Waals surface area contributed by atoms with Gasteiger partial charge < -0.3 is 14.8 Å². The number of hydrogen-bond acceptors (Lipinski definition) is 3. The van der Waals surface area contributed by atoms with Crippen LogP contribution in [0.5, 0.6) is 0 Å². The SMILES string of the molecule is c1cc(CNC2CC2)cc(COCC2CCCCO2)c1. The summed E-state index contributed by atoms with van der Waals surface area (Å²) in [4.78, 5) is 0. The van der Waals surface area contributed by atoms with E-state index in [0.29, 0.717) is 12.7 Å². The van der Waals surface area contributed by atoms with Crippen LogP contribution in [-0.2, 0) is 22.6 Å². The number of nitrogens with one attached hydrogen (secondary N) is 1. The van der Waals surface area contributed by atoms with Crippen LogP contribution in [0.25, 0.3) is 0 Å². The van der Waals surface area contributed by atoms with E-state index in [-0.39, 0.29) is 0 Å². The average molecular weight is 275 g/mol. The highest BCUT2D eigenvalue weighted by Crippen LogP contribution is 2.19. The summed E-state index contributed by atoms with van der Waals surface area (Å²) in [6.45, 7) is 3.29. The molecule has 20 heavy (non-hydrogen) atoms. The van der Waals surface area contributed by atoms with Crippen LogP contribution in [0.2, 0.25) is 0 Å². The third-order valence-corrected chi connectivity index (χ3v) is 4.01. The van der Waals surface area contributed by atoms with E-state index in [4.69, 9.17) is 9.47 Å². The normalized spacial score (nSPS) is 22.9. The Morgan fingerprint density at radius 1 is 1.15 bits per heavy atom. The number of benzene rings is 1. The fourth-order valence-electron chi connectivity index (χ4n) is 2.63. The topological polar surface area (TPSA) is 30.5 Å². The average Bonchev–Trinajstić information content (AvgIpc) is 3.31. The molecule has 0 bridgehead atoms. The van der Waals surface area contributed by atoms with Gasteiger partial charge in [-0.15, -0.1) is 0 Å². The second kappa shape index (κ2) is 7.21. The maximum Gasteiger partial charge on any atom is 0.0808 e. The second-order valence-electron chi connectivity index (χ2n) is 5.98. The molecule has 3 rings (SSSR count). The molecule has 0 radical (unpaired) electrons. The molecule has 2 fully saturated rings. The van der Waals surface area contributed by atoms with Crippen molar-refractivity contribution in [1.29, 1.82) is 0 Å². The molecule has 0 amide bonds. The van der Waals surface area contributed by atoms with Crippen molar-refractivity contribution in [2.45, 2.75) is 57.4 Å². The zero-order valence-electron chi connectivity index (χ0n) is 12.1. The molecule has 3 nitrogen and oxygen atoms in total. The minimum absolute atomic E-state index is 0.309. The van der Waals surface area contributed by atoms with Gasteiger partial charge in [-0.05, 0) is 43.2 Å². The Hall–Kier alpha value is -0.900. The van der Waals surface area contributed by atoms with Crippen LogP contribution >= 0.6 is 0 Å². The Bertz CT molecular complexity index is 411. The summed E-state index contributed by atoms with van der Waals surface area (Å²) in [6.07, 6.45) is 6.60. The number of rotatable bonds is 7. The quantitative estimate of drug-likeness (QED) is 0.829. The van der Waals surface area contributed by atoms with Gasteiger partial charge >= 0.3 is 0 Å². The van der Waals surface area contributed by atoms with E-state index in [1.54, 1.807) is 0 Å². The standard InChI is InChI=1S/C17H25NO2/c1-2-9-20-17(6-1)13-19-12-15-5-3-4-14(10-15)11-18-16-7-8-16/h3-5,10,16-18H,1-2,6-9,11-13H2. The molecule has 1 saturated heterocycles. The van der Waals surface area contributed by atoms with Crippen molar-refractivity contribution in [3.63, 3.8) is 0 Å². The Labute approximate surface area is 121 Å². The van der Waals surface area contributed by atoms with Crippen molar-refractivity contribution in [1.82, 2.24) is 5.32 Å². The Kier molecular flexibility index (Phi) is 5.06. The molecule has 1 aliphatic carbocycles. The van der Waals surface area contributed by atoms with Gasteiger partial charge in [-0.2, -0.15) is 0 Å². The van der Waals surface area contributed by atoms with Crippen LogP contribution in [0.1, 0.15) is 43.2 Å². The lowest BCUT2D eigenvalue weighted by atomic mass is 10.1. The molecule has 1 aromatic rings. The van der Waals surface area contributed by atoms with E-state index in [1.807, 2.05) is 0 Å². The predicted molar refractivity (Wildman–Crippen MR) is 79.6 cm³/mol. The highest BCUT2D eigenvalue weighted by atomic mass is 16.5. The third kappa shape index (κ3) is 4.58. The summed E-state index contributed by atoms with van der Waals surface area (Å²) >= 11 is 0. The molecule has 1 aliphatic heterocycles. The van der Waals surface area contributed by atoms with Crippen molar-refractivity contribution < 1.29 is 9.47 Å². The minimum Gasteiger partial charge on any atom is -0.376 e. The van der Waals surface area contributed by atoms with Gasteiger partial charge in [0.2, 0.25) is 0 Å². The van der Waals surface area contributed by atoms with Gasteiger partial charge in [0.15, 0.2) is 0 Å². The molecule has 0 aromatic heterocycles. The van der Waals surface area contributed by atoms with Crippen molar-refractivity contribution in [2.24, 2.45) is 0 Å². The van der Waals surface area contributed by atoms with Crippen molar-refractivity contribution in [2.75, 3.05) is 13.2 Å². The summed E-state index contributed by atoms with van der Waals surface area (Å²) in [5.41, 5.74) is 2.61. The van der Waals surface area contributed by atoms with E-state index in [2.05, 4.69) is 29.6 Å². The van der Waals surface area contributed by atoms with Crippen LogP contribution in [-0.4, -0.2) is 25.4 Å². The first kappa shape index (κ1) is 14.1. The molecule has 1 atom stereocenters. The summed E-state index contributed by atoms with van der Waals surface area (Å²) in [5.74, 6) is 0. The first-order valence-electron chi connectivity index (χ1n) is 7.91. The molecule has 1 saturated carbocycles. The highest BCUT2D eigenvalue weighted by molar-refractivity contribution is 5.23. The second-order valence-corrected chi connectivity index (χ2v) is 5.98. The van der Waals surface area contributed by atoms with E-state index in [1.165, 1.54) is 36.8 Å². The van der Waals surface area contributed by atoms with Gasteiger partial charge in [0, 0.05) is 19.2 Å². The molecule has 0 spiro atoms. The van der Waals surface area contributed by atoms with Crippen molar-refractivity contribution in [3.05, 3.63) is 35.4 Å². The molecule has 1 N–H and O–H groups in total. The lowest BCUT2D eigenvalue weighted by molar-refractivity contribution is -0.0447. The molecule has 1 unspecified atom stereocenters. The largest absolute Gasteiger partial charge is 0.376 e. The first-order chi connectivity index (χ1) is 9.90. The molecule has 110 valence electrons. The van der Waals surface area contributed by atoms with Crippen molar-refractivity contribution in [3.8, 4) is 0 Å². The van der Waals surface area contributed by atoms with Gasteiger partial charge in [-0.3, -0.25) is 0 Å². The van der Waals surface area contributed by atoms with E-state index in [9.17, 15) is 0 Å². The van der Waals surface area contributed by atoms with E-state index >= 15 is 0 Å². The Morgan fingerprint density at radius 3 is 2.85 bits per heavy atom. The third-order valence-electron chi connectivity index (χ3n) is 4.01. The molecular weight excluding hydrogens is 250 g/mol. The van der Waals surface area contributed by atoms with Gasteiger partial charge in [-0.25, -0.2) is 0 Å².